The van der Waals surface area contributed by atoms with Crippen LogP contribution >= 0.6 is 46.7 Å². The summed E-state index contributed by atoms with van der Waals surface area (Å²) in [4.78, 5) is 25.6. The molecule has 4 heterocycles. The third kappa shape index (κ3) is 6.71. The quantitative estimate of drug-likeness (QED) is 0.238. The molecule has 0 fully saturated rings. The second-order valence-electron chi connectivity index (χ2n) is 8.96. The number of amides is 1. The zero-order valence-electron chi connectivity index (χ0n) is 22.4. The fourth-order valence-electron chi connectivity index (χ4n) is 4.29. The van der Waals surface area contributed by atoms with E-state index in [-0.39, 0.29) is 37.9 Å². The summed E-state index contributed by atoms with van der Waals surface area (Å²) >= 11 is 9.32. The van der Waals surface area contributed by atoms with Crippen LogP contribution in [0, 0.1) is 44.5 Å². The standard InChI is InChI=1S/C29H25ClN6O2S2.ClH/c1-17-18(2)39-29-26(17)27(20-8-10-21(30)11-9-20)33-24(28-35-34-19(3)36(28)29)16-25(37)32-14-4-6-22-12-13-23(40-22)7-5-15-38-31;/h8-13,24H,14-16,31H2,1-3H3,(H,32,37);1H. The number of hydrogen-bond donors (Lipinski definition) is 2. The Morgan fingerprint density at radius 2 is 1.78 bits per heavy atom. The Labute approximate surface area is 257 Å². The van der Waals surface area contributed by atoms with Gasteiger partial charge in [0, 0.05) is 21.0 Å². The fraction of sp³-hybridized carbons (Fsp3) is 0.241. The number of nitrogens with zero attached hydrogens (tertiary/aromatic N) is 4. The van der Waals surface area contributed by atoms with Crippen molar-refractivity contribution in [2.24, 2.45) is 10.9 Å². The average Bonchev–Trinajstić information content (AvgIpc) is 3.60. The Morgan fingerprint density at radius 3 is 2.49 bits per heavy atom. The van der Waals surface area contributed by atoms with E-state index < -0.39 is 6.04 Å². The van der Waals surface area contributed by atoms with E-state index in [1.807, 2.05) is 47.9 Å². The molecule has 1 amide bonds. The summed E-state index contributed by atoms with van der Waals surface area (Å²) in [6.07, 6.45) is 0.103. The summed E-state index contributed by atoms with van der Waals surface area (Å²) in [5.74, 6) is 18.0. The van der Waals surface area contributed by atoms with E-state index in [2.05, 4.69) is 57.9 Å². The first kappa shape index (κ1) is 30.5. The van der Waals surface area contributed by atoms with Gasteiger partial charge in [0.1, 0.15) is 23.5 Å². The summed E-state index contributed by atoms with van der Waals surface area (Å²) in [7, 11) is 0. The van der Waals surface area contributed by atoms with Gasteiger partial charge >= 0.3 is 0 Å². The predicted molar refractivity (Wildman–Crippen MR) is 166 cm³/mol. The van der Waals surface area contributed by atoms with Crippen molar-refractivity contribution in [3.63, 3.8) is 0 Å². The normalized spacial score (nSPS) is 13.3. The van der Waals surface area contributed by atoms with Crippen molar-refractivity contribution in [1.82, 2.24) is 20.1 Å². The van der Waals surface area contributed by atoms with Gasteiger partial charge in [-0.15, -0.1) is 45.3 Å². The van der Waals surface area contributed by atoms with Crippen molar-refractivity contribution in [3.8, 4) is 28.7 Å². The minimum Gasteiger partial charge on any atom is -0.345 e. The summed E-state index contributed by atoms with van der Waals surface area (Å²) < 4.78 is 2.03. The first-order chi connectivity index (χ1) is 19.4. The smallest absolute Gasteiger partial charge is 0.223 e. The topological polar surface area (TPSA) is 107 Å². The number of carbonyl (C=O) groups is 1. The number of halogens is 2. The second kappa shape index (κ2) is 13.5. The van der Waals surface area contributed by atoms with Gasteiger partial charge in [-0.05, 0) is 50.6 Å². The molecule has 1 atom stereocenters. The molecule has 8 nitrogen and oxygen atoms in total. The highest BCUT2D eigenvalue weighted by Crippen LogP contribution is 2.39. The van der Waals surface area contributed by atoms with E-state index >= 15 is 0 Å². The molecule has 41 heavy (non-hydrogen) atoms. The lowest BCUT2D eigenvalue weighted by Gasteiger charge is -2.12. The molecule has 5 rings (SSSR count). The Balaban J connectivity index is 0.00000387. The van der Waals surface area contributed by atoms with Crippen LogP contribution in [0.2, 0.25) is 5.02 Å². The van der Waals surface area contributed by atoms with Gasteiger partial charge in [-0.25, -0.2) is 5.90 Å². The number of thiophene rings is 2. The molecule has 0 aliphatic carbocycles. The lowest BCUT2D eigenvalue weighted by Crippen LogP contribution is -2.25. The molecule has 4 aromatic rings. The van der Waals surface area contributed by atoms with E-state index in [9.17, 15) is 4.79 Å². The molecular formula is C29H26Cl2N6O2S2. The molecule has 3 N–H and O–H groups in total. The highest BCUT2D eigenvalue weighted by Gasteiger charge is 2.32. The van der Waals surface area contributed by atoms with Crippen molar-refractivity contribution in [1.29, 1.82) is 0 Å². The van der Waals surface area contributed by atoms with Crippen LogP contribution in [0.1, 0.15) is 55.4 Å². The van der Waals surface area contributed by atoms with E-state index in [4.69, 9.17) is 22.5 Å². The third-order valence-corrected chi connectivity index (χ3v) is 8.66. The number of aliphatic imine (C=N–C) groups is 1. The predicted octanol–water partition coefficient (Wildman–Crippen LogP) is 5.08. The van der Waals surface area contributed by atoms with Crippen LogP contribution in [0.5, 0.6) is 0 Å². The van der Waals surface area contributed by atoms with Gasteiger partial charge in [0.05, 0.1) is 28.4 Å². The number of nitrogens with one attached hydrogen (secondary N) is 1. The molecule has 210 valence electrons. The van der Waals surface area contributed by atoms with Crippen molar-refractivity contribution in [2.75, 3.05) is 13.2 Å². The fourth-order valence-corrected chi connectivity index (χ4v) is 6.39. The number of carbonyl (C=O) groups excluding carboxylic acids is 1. The summed E-state index contributed by atoms with van der Waals surface area (Å²) in [6.45, 7) is 6.48. The second-order valence-corrected chi connectivity index (χ2v) is 11.7. The Hall–Kier alpha value is -3.48. The molecule has 0 saturated heterocycles. The van der Waals surface area contributed by atoms with Gasteiger partial charge in [0.2, 0.25) is 5.91 Å². The zero-order chi connectivity index (χ0) is 28.2. The van der Waals surface area contributed by atoms with Gasteiger partial charge in [-0.2, -0.15) is 0 Å². The number of hydrogen-bond acceptors (Lipinski definition) is 8. The van der Waals surface area contributed by atoms with Crippen LogP contribution in [-0.4, -0.2) is 39.5 Å². The van der Waals surface area contributed by atoms with Crippen molar-refractivity contribution in [2.45, 2.75) is 33.2 Å². The van der Waals surface area contributed by atoms with E-state index in [0.717, 1.165) is 43.0 Å². The van der Waals surface area contributed by atoms with Crippen LogP contribution in [0.25, 0.3) is 5.00 Å². The molecule has 0 radical (unpaired) electrons. The molecule has 3 aromatic heterocycles. The first-order valence-corrected chi connectivity index (χ1v) is 14.4. The monoisotopic (exact) mass is 624 g/mol. The van der Waals surface area contributed by atoms with Crippen LogP contribution in [0.4, 0.5) is 0 Å². The maximum absolute atomic E-state index is 13.1. The largest absolute Gasteiger partial charge is 0.345 e. The van der Waals surface area contributed by atoms with Gasteiger partial charge < -0.3 is 5.32 Å². The van der Waals surface area contributed by atoms with Crippen LogP contribution in [0.3, 0.4) is 0 Å². The van der Waals surface area contributed by atoms with E-state index in [0.29, 0.717) is 10.8 Å². The lowest BCUT2D eigenvalue weighted by molar-refractivity contribution is -0.121. The van der Waals surface area contributed by atoms with Crippen LogP contribution < -0.4 is 11.2 Å². The highest BCUT2D eigenvalue weighted by atomic mass is 35.5. The number of aromatic nitrogens is 3. The molecule has 1 aliphatic rings. The third-order valence-electron chi connectivity index (χ3n) is 6.29. The van der Waals surface area contributed by atoms with E-state index in [1.54, 1.807) is 11.3 Å². The molecule has 1 aromatic carbocycles. The van der Waals surface area contributed by atoms with Gasteiger partial charge in [-0.3, -0.25) is 19.2 Å². The number of fused-ring (bicyclic) bond motifs is 3. The highest BCUT2D eigenvalue weighted by molar-refractivity contribution is 7.15. The Morgan fingerprint density at radius 1 is 1.07 bits per heavy atom. The molecule has 12 heteroatoms. The Bertz CT molecular complexity index is 1730. The average molecular weight is 626 g/mol. The summed E-state index contributed by atoms with van der Waals surface area (Å²) in [5, 5.41) is 13.3. The molecular weight excluding hydrogens is 599 g/mol. The van der Waals surface area contributed by atoms with E-state index in [1.165, 1.54) is 16.2 Å². The maximum atomic E-state index is 13.1. The van der Waals surface area contributed by atoms with Crippen molar-refractivity contribution in [3.05, 3.63) is 84.4 Å². The number of rotatable bonds is 5. The molecule has 0 spiro atoms. The van der Waals surface area contributed by atoms with Crippen molar-refractivity contribution < 1.29 is 9.63 Å². The van der Waals surface area contributed by atoms with Crippen LogP contribution in [-0.2, 0) is 9.63 Å². The summed E-state index contributed by atoms with van der Waals surface area (Å²) in [5.41, 5.74) is 3.90. The van der Waals surface area contributed by atoms with Gasteiger partial charge in [0.25, 0.3) is 0 Å². The minimum absolute atomic E-state index is 0. The van der Waals surface area contributed by atoms with Gasteiger partial charge in [-0.1, -0.05) is 47.4 Å². The minimum atomic E-state index is -0.532. The number of aryl methyl sites for hydroxylation is 2. The molecule has 1 unspecified atom stereocenters. The maximum Gasteiger partial charge on any atom is 0.223 e. The first-order valence-electron chi connectivity index (χ1n) is 12.4. The summed E-state index contributed by atoms with van der Waals surface area (Å²) in [6, 6.07) is 10.9. The Kier molecular flexibility index (Phi) is 10.0. The zero-order valence-corrected chi connectivity index (χ0v) is 25.7. The molecule has 1 aliphatic heterocycles. The SMILES string of the molecule is Cc1sc2c(c1C)C(c1ccc(Cl)cc1)=NC(CC(=O)NCC#Cc1ccc(C#CCON)s1)c1nnc(C)n1-2.Cl. The number of benzene rings is 1. The van der Waals surface area contributed by atoms with Crippen LogP contribution in [0.15, 0.2) is 41.4 Å². The molecule has 0 bridgehead atoms. The van der Waals surface area contributed by atoms with Crippen molar-refractivity contribution >= 4 is 58.3 Å². The number of nitrogens with two attached hydrogens (primary N) is 1. The molecule has 0 saturated carbocycles. The van der Waals surface area contributed by atoms with Gasteiger partial charge in [0.15, 0.2) is 5.82 Å². The lowest BCUT2D eigenvalue weighted by atomic mass is 9.99.